The summed E-state index contributed by atoms with van der Waals surface area (Å²) in [5.41, 5.74) is 0. The number of aromatic nitrogens is 2. The van der Waals surface area contributed by atoms with Gasteiger partial charge in [0, 0.05) is 4.90 Å². The number of nitrogens with zero attached hydrogens (tertiary/aromatic N) is 2. The second kappa shape index (κ2) is 5.97. The molecule has 0 amide bonds. The van der Waals surface area contributed by atoms with Gasteiger partial charge in [0.2, 0.25) is 5.89 Å². The Bertz CT molecular complexity index is 568. The minimum atomic E-state index is -0.378. The number of ketones is 1. The zero-order valence-corrected chi connectivity index (χ0v) is 11.4. The van der Waals surface area contributed by atoms with Gasteiger partial charge < -0.3 is 4.52 Å². The van der Waals surface area contributed by atoms with E-state index in [0.29, 0.717) is 17.5 Å². The van der Waals surface area contributed by atoms with Gasteiger partial charge in [-0.25, -0.2) is 4.39 Å². The summed E-state index contributed by atoms with van der Waals surface area (Å²) in [5, 5.41) is 3.82. The number of Topliss-reactive ketones (excluding diaryl/α,β-unsaturated/α-hetero) is 1. The van der Waals surface area contributed by atoms with Crippen LogP contribution in [0.1, 0.15) is 31.5 Å². The van der Waals surface area contributed by atoms with E-state index < -0.39 is 0 Å². The monoisotopic (exact) mass is 280 g/mol. The van der Waals surface area contributed by atoms with Crippen LogP contribution in [0.15, 0.2) is 33.7 Å². The number of hydrogen-bond donors (Lipinski definition) is 0. The zero-order chi connectivity index (χ0) is 13.8. The Hall–Kier alpha value is -1.69. The Morgan fingerprint density at radius 1 is 1.42 bits per heavy atom. The van der Waals surface area contributed by atoms with E-state index in [1.807, 2.05) is 0 Å². The summed E-state index contributed by atoms with van der Waals surface area (Å²) in [6.07, 6.45) is 0. The van der Waals surface area contributed by atoms with E-state index in [0.717, 1.165) is 4.90 Å². The lowest BCUT2D eigenvalue weighted by molar-refractivity contribution is -0.118. The molecule has 1 aromatic carbocycles. The van der Waals surface area contributed by atoms with E-state index in [-0.39, 0.29) is 17.5 Å². The molecule has 19 heavy (non-hydrogen) atoms. The van der Waals surface area contributed by atoms with Crippen LogP contribution in [0.4, 0.5) is 4.39 Å². The van der Waals surface area contributed by atoms with Crippen molar-refractivity contribution in [2.24, 2.45) is 0 Å². The van der Waals surface area contributed by atoms with Crippen LogP contribution in [0, 0.1) is 5.82 Å². The van der Waals surface area contributed by atoms with Gasteiger partial charge >= 0.3 is 0 Å². The SMILES string of the molecule is CC(=O)C(C)c1nc(CSc2ccc(F)cc2)no1. The van der Waals surface area contributed by atoms with Gasteiger partial charge in [-0.05, 0) is 38.1 Å². The molecule has 0 aliphatic carbocycles. The molecule has 0 N–H and O–H groups in total. The van der Waals surface area contributed by atoms with Gasteiger partial charge in [-0.3, -0.25) is 4.79 Å². The first-order valence-corrected chi connectivity index (χ1v) is 6.76. The lowest BCUT2D eigenvalue weighted by Gasteiger charge is -1.98. The summed E-state index contributed by atoms with van der Waals surface area (Å²) >= 11 is 1.48. The summed E-state index contributed by atoms with van der Waals surface area (Å²) in [7, 11) is 0. The van der Waals surface area contributed by atoms with Crippen molar-refractivity contribution in [1.29, 1.82) is 0 Å². The number of hydrogen-bond acceptors (Lipinski definition) is 5. The molecule has 0 bridgehead atoms. The topological polar surface area (TPSA) is 56.0 Å². The Labute approximate surface area is 114 Å². The highest BCUT2D eigenvalue weighted by Gasteiger charge is 2.18. The largest absolute Gasteiger partial charge is 0.339 e. The molecule has 2 aromatic rings. The van der Waals surface area contributed by atoms with Crippen LogP contribution < -0.4 is 0 Å². The summed E-state index contributed by atoms with van der Waals surface area (Å²) < 4.78 is 17.8. The minimum absolute atomic E-state index is 0.0126. The molecule has 4 nitrogen and oxygen atoms in total. The van der Waals surface area contributed by atoms with Crippen LogP contribution in [0.25, 0.3) is 0 Å². The number of benzene rings is 1. The molecule has 0 aliphatic heterocycles. The molecule has 0 radical (unpaired) electrons. The molecule has 0 aliphatic rings. The van der Waals surface area contributed by atoms with Crippen LogP contribution in [0.5, 0.6) is 0 Å². The number of carbonyl (C=O) groups excluding carboxylic acids is 1. The molecule has 0 fully saturated rings. The molecular formula is C13H13FN2O2S. The Morgan fingerprint density at radius 2 is 2.11 bits per heavy atom. The van der Waals surface area contributed by atoms with Gasteiger partial charge in [-0.2, -0.15) is 4.98 Å². The van der Waals surface area contributed by atoms with Crippen molar-refractivity contribution in [3.8, 4) is 0 Å². The molecule has 1 aromatic heterocycles. The lowest BCUT2D eigenvalue weighted by atomic mass is 10.1. The molecule has 6 heteroatoms. The van der Waals surface area contributed by atoms with Crippen LogP contribution in [-0.2, 0) is 10.5 Å². The number of halogens is 1. The lowest BCUT2D eigenvalue weighted by Crippen LogP contribution is -2.04. The fraction of sp³-hybridized carbons (Fsp3) is 0.308. The highest BCUT2D eigenvalue weighted by atomic mass is 32.2. The Kier molecular flexibility index (Phi) is 4.31. The fourth-order valence-corrected chi connectivity index (χ4v) is 2.10. The number of carbonyl (C=O) groups is 1. The highest BCUT2D eigenvalue weighted by molar-refractivity contribution is 7.98. The summed E-state index contributed by atoms with van der Waals surface area (Å²) in [6.45, 7) is 3.22. The predicted molar refractivity (Wildman–Crippen MR) is 69.4 cm³/mol. The summed E-state index contributed by atoms with van der Waals surface area (Å²) in [4.78, 5) is 16.3. The first-order chi connectivity index (χ1) is 9.06. The molecule has 2 rings (SSSR count). The minimum Gasteiger partial charge on any atom is -0.339 e. The quantitative estimate of drug-likeness (QED) is 0.787. The van der Waals surface area contributed by atoms with Gasteiger partial charge in [-0.1, -0.05) is 5.16 Å². The van der Waals surface area contributed by atoms with Gasteiger partial charge in [-0.15, -0.1) is 11.8 Å². The fourth-order valence-electron chi connectivity index (χ4n) is 1.35. The van der Waals surface area contributed by atoms with Gasteiger partial charge in [0.25, 0.3) is 0 Å². The molecule has 1 atom stereocenters. The highest BCUT2D eigenvalue weighted by Crippen LogP contribution is 2.22. The van der Waals surface area contributed by atoms with Gasteiger partial charge in [0.15, 0.2) is 5.82 Å². The normalized spacial score (nSPS) is 12.4. The number of rotatable bonds is 5. The average molecular weight is 280 g/mol. The third-order valence-electron chi connectivity index (χ3n) is 2.65. The third kappa shape index (κ3) is 3.64. The maximum absolute atomic E-state index is 12.7. The second-order valence-corrected chi connectivity index (χ2v) is 5.17. The summed E-state index contributed by atoms with van der Waals surface area (Å²) in [6, 6.07) is 6.20. The van der Waals surface area contributed by atoms with Crippen LogP contribution >= 0.6 is 11.8 Å². The third-order valence-corrected chi connectivity index (χ3v) is 3.65. The van der Waals surface area contributed by atoms with E-state index in [2.05, 4.69) is 10.1 Å². The summed E-state index contributed by atoms with van der Waals surface area (Å²) in [5.74, 6) is 0.722. The zero-order valence-electron chi connectivity index (χ0n) is 10.6. The Balaban J connectivity index is 1.97. The average Bonchev–Trinajstić information content (AvgIpc) is 2.86. The van der Waals surface area contributed by atoms with Crippen LogP contribution in [0.3, 0.4) is 0 Å². The van der Waals surface area contributed by atoms with Gasteiger partial charge in [0.1, 0.15) is 11.6 Å². The first kappa shape index (κ1) is 13.7. The van der Waals surface area contributed by atoms with Gasteiger partial charge in [0.05, 0.1) is 11.7 Å². The first-order valence-electron chi connectivity index (χ1n) is 5.77. The van der Waals surface area contributed by atoms with E-state index >= 15 is 0 Å². The smallest absolute Gasteiger partial charge is 0.236 e. The molecule has 0 saturated carbocycles. The van der Waals surface area contributed by atoms with Crippen LogP contribution in [-0.4, -0.2) is 15.9 Å². The Morgan fingerprint density at radius 3 is 2.74 bits per heavy atom. The predicted octanol–water partition coefficient (Wildman–Crippen LogP) is 3.19. The van der Waals surface area contributed by atoms with E-state index in [4.69, 9.17) is 4.52 Å². The number of thioether (sulfide) groups is 1. The molecule has 1 heterocycles. The second-order valence-electron chi connectivity index (χ2n) is 4.12. The van der Waals surface area contributed by atoms with E-state index in [1.54, 1.807) is 19.1 Å². The maximum atomic E-state index is 12.7. The maximum Gasteiger partial charge on any atom is 0.236 e. The molecule has 1 unspecified atom stereocenters. The van der Waals surface area contributed by atoms with Crippen molar-refractivity contribution in [3.63, 3.8) is 0 Å². The standard InChI is InChI=1S/C13H13FN2O2S/c1-8(9(2)17)13-15-12(16-18-13)7-19-11-5-3-10(14)4-6-11/h3-6,8H,7H2,1-2H3. The molecule has 0 saturated heterocycles. The van der Waals surface area contributed by atoms with E-state index in [9.17, 15) is 9.18 Å². The van der Waals surface area contributed by atoms with E-state index in [1.165, 1.54) is 30.8 Å². The molecule has 100 valence electrons. The van der Waals surface area contributed by atoms with Crippen molar-refractivity contribution in [1.82, 2.24) is 10.1 Å². The van der Waals surface area contributed by atoms with Crippen molar-refractivity contribution < 1.29 is 13.7 Å². The van der Waals surface area contributed by atoms with Crippen molar-refractivity contribution in [2.45, 2.75) is 30.4 Å². The van der Waals surface area contributed by atoms with Crippen molar-refractivity contribution in [2.75, 3.05) is 0 Å². The molecule has 0 spiro atoms. The van der Waals surface area contributed by atoms with Crippen LogP contribution in [0.2, 0.25) is 0 Å². The van der Waals surface area contributed by atoms with Crippen molar-refractivity contribution >= 4 is 17.5 Å². The molecular weight excluding hydrogens is 267 g/mol. The van der Waals surface area contributed by atoms with Crippen molar-refractivity contribution in [3.05, 3.63) is 41.8 Å².